The van der Waals surface area contributed by atoms with Gasteiger partial charge in [0.05, 0.1) is 11.8 Å². The van der Waals surface area contributed by atoms with Crippen LogP contribution in [0.3, 0.4) is 0 Å². The van der Waals surface area contributed by atoms with E-state index >= 15 is 0 Å². The maximum atomic E-state index is 9.68. The molecular weight excluding hydrogens is 262 g/mol. The van der Waals surface area contributed by atoms with E-state index in [0.29, 0.717) is 5.92 Å². The third-order valence-electron chi connectivity index (χ3n) is 4.20. The number of nitrogens with one attached hydrogen (secondary N) is 2. The van der Waals surface area contributed by atoms with Gasteiger partial charge >= 0.3 is 0 Å². The molecule has 4 heteroatoms. The van der Waals surface area contributed by atoms with Crippen LogP contribution in [-0.2, 0) is 6.54 Å². The summed E-state index contributed by atoms with van der Waals surface area (Å²) < 4.78 is 0. The van der Waals surface area contributed by atoms with Crippen molar-refractivity contribution in [2.45, 2.75) is 38.3 Å². The van der Waals surface area contributed by atoms with Crippen molar-refractivity contribution in [1.82, 2.24) is 15.5 Å². The van der Waals surface area contributed by atoms with Crippen molar-refractivity contribution >= 4 is 0 Å². The Balaban J connectivity index is 1.49. The van der Waals surface area contributed by atoms with Crippen molar-refractivity contribution in [3.8, 4) is 11.3 Å². The van der Waals surface area contributed by atoms with Crippen molar-refractivity contribution in [3.63, 3.8) is 0 Å². The van der Waals surface area contributed by atoms with Gasteiger partial charge in [-0.25, -0.2) is 0 Å². The summed E-state index contributed by atoms with van der Waals surface area (Å²) in [5, 5.41) is 20.6. The smallest absolute Gasteiger partial charge is 0.0924 e. The molecule has 1 aliphatic rings. The molecule has 0 bridgehead atoms. The third kappa shape index (κ3) is 3.93. The first-order valence-electron chi connectivity index (χ1n) is 7.80. The monoisotopic (exact) mass is 285 g/mol. The van der Waals surface area contributed by atoms with Crippen LogP contribution in [-0.4, -0.2) is 28.0 Å². The van der Waals surface area contributed by atoms with Crippen LogP contribution in [0.4, 0.5) is 0 Å². The highest BCUT2D eigenvalue weighted by Crippen LogP contribution is 2.23. The van der Waals surface area contributed by atoms with Crippen LogP contribution in [0.2, 0.25) is 0 Å². The van der Waals surface area contributed by atoms with Crippen LogP contribution in [0.1, 0.15) is 31.4 Å². The Kier molecular flexibility index (Phi) is 4.68. The summed E-state index contributed by atoms with van der Waals surface area (Å²) in [4.78, 5) is 0. The molecule has 0 radical (unpaired) electrons. The molecule has 0 amide bonds. The number of benzene rings is 1. The van der Waals surface area contributed by atoms with Gasteiger partial charge in [0.25, 0.3) is 0 Å². The molecule has 1 aromatic carbocycles. The van der Waals surface area contributed by atoms with E-state index in [4.69, 9.17) is 0 Å². The summed E-state index contributed by atoms with van der Waals surface area (Å²) in [6.07, 6.45) is 4.18. The summed E-state index contributed by atoms with van der Waals surface area (Å²) in [7, 11) is 0. The van der Waals surface area contributed by atoms with E-state index in [-0.39, 0.29) is 6.10 Å². The van der Waals surface area contributed by atoms with Gasteiger partial charge in [-0.1, -0.05) is 36.8 Å². The van der Waals surface area contributed by atoms with Gasteiger partial charge in [0, 0.05) is 17.8 Å². The van der Waals surface area contributed by atoms with Gasteiger partial charge in [0.1, 0.15) is 0 Å². The fraction of sp³-hybridized carbons (Fsp3) is 0.471. The molecule has 4 nitrogen and oxygen atoms in total. The highest BCUT2D eigenvalue weighted by atomic mass is 16.3. The Labute approximate surface area is 125 Å². The lowest BCUT2D eigenvalue weighted by Crippen LogP contribution is -2.28. The molecule has 0 spiro atoms. The number of aliphatic hydroxyl groups is 1. The van der Waals surface area contributed by atoms with Crippen LogP contribution >= 0.6 is 0 Å². The topological polar surface area (TPSA) is 60.9 Å². The number of aromatic nitrogens is 2. The fourth-order valence-electron chi connectivity index (χ4n) is 3.07. The predicted octanol–water partition coefficient (Wildman–Crippen LogP) is 2.72. The quantitative estimate of drug-likeness (QED) is 0.791. The van der Waals surface area contributed by atoms with E-state index in [9.17, 15) is 5.11 Å². The molecule has 2 atom stereocenters. The summed E-state index contributed by atoms with van der Waals surface area (Å²) in [5.74, 6) is 0.602. The van der Waals surface area contributed by atoms with Crippen LogP contribution in [0.5, 0.6) is 0 Å². The number of hydrogen-bond acceptors (Lipinski definition) is 3. The number of H-pyrrole nitrogens is 1. The molecule has 0 saturated heterocycles. The van der Waals surface area contributed by atoms with Gasteiger partial charge in [0.2, 0.25) is 0 Å². The minimum absolute atomic E-state index is 0.0950. The van der Waals surface area contributed by atoms with Gasteiger partial charge in [-0.15, -0.1) is 0 Å². The molecule has 3 N–H and O–H groups in total. The minimum Gasteiger partial charge on any atom is -0.393 e. The largest absolute Gasteiger partial charge is 0.393 e. The van der Waals surface area contributed by atoms with E-state index < -0.39 is 0 Å². The molecule has 112 valence electrons. The molecule has 2 aromatic rings. The van der Waals surface area contributed by atoms with Crippen molar-refractivity contribution in [2.75, 3.05) is 6.54 Å². The summed E-state index contributed by atoms with van der Waals surface area (Å²) in [6, 6.07) is 12.3. The van der Waals surface area contributed by atoms with E-state index in [0.717, 1.165) is 49.3 Å². The van der Waals surface area contributed by atoms with Gasteiger partial charge in [0.15, 0.2) is 0 Å². The van der Waals surface area contributed by atoms with Crippen molar-refractivity contribution in [3.05, 3.63) is 42.1 Å². The first kappa shape index (κ1) is 14.3. The molecule has 1 aliphatic carbocycles. The van der Waals surface area contributed by atoms with Crippen LogP contribution < -0.4 is 5.32 Å². The number of aromatic amines is 1. The molecule has 1 aromatic heterocycles. The number of aliphatic hydroxyl groups excluding tert-OH is 1. The molecule has 2 unspecified atom stereocenters. The maximum Gasteiger partial charge on any atom is 0.0924 e. The minimum atomic E-state index is -0.0950. The van der Waals surface area contributed by atoms with Gasteiger partial charge in [-0.2, -0.15) is 5.10 Å². The summed E-state index contributed by atoms with van der Waals surface area (Å²) in [6.45, 7) is 1.77. The second-order valence-electron chi connectivity index (χ2n) is 5.96. The zero-order chi connectivity index (χ0) is 14.5. The second-order valence-corrected chi connectivity index (χ2v) is 5.96. The Morgan fingerprint density at radius 2 is 2.10 bits per heavy atom. The maximum absolute atomic E-state index is 9.68. The Bertz CT molecular complexity index is 552. The number of rotatable bonds is 5. The molecule has 1 heterocycles. The van der Waals surface area contributed by atoms with Crippen LogP contribution in [0.15, 0.2) is 36.4 Å². The normalized spacial score (nSPS) is 22.3. The van der Waals surface area contributed by atoms with Gasteiger partial charge in [-0.05, 0) is 37.8 Å². The van der Waals surface area contributed by atoms with E-state index in [1.807, 2.05) is 18.2 Å². The highest BCUT2D eigenvalue weighted by Gasteiger charge is 2.19. The highest BCUT2D eigenvalue weighted by molar-refractivity contribution is 5.58. The first-order chi connectivity index (χ1) is 10.3. The molecule has 0 aliphatic heterocycles. The lowest BCUT2D eigenvalue weighted by Gasteiger charge is -2.25. The van der Waals surface area contributed by atoms with Crippen molar-refractivity contribution in [2.24, 2.45) is 5.92 Å². The summed E-state index contributed by atoms with van der Waals surface area (Å²) in [5.41, 5.74) is 3.22. The average Bonchev–Trinajstić information content (AvgIpc) is 2.97. The Hall–Kier alpha value is -1.65. The van der Waals surface area contributed by atoms with E-state index in [1.165, 1.54) is 6.42 Å². The van der Waals surface area contributed by atoms with Crippen LogP contribution in [0.25, 0.3) is 11.3 Å². The molecule has 1 saturated carbocycles. The Morgan fingerprint density at radius 1 is 1.24 bits per heavy atom. The SMILES string of the molecule is OC1CCCC(CNCc2cc(-c3ccccc3)n[nH]2)C1. The lowest BCUT2D eigenvalue weighted by atomic mass is 9.87. The average molecular weight is 285 g/mol. The van der Waals surface area contributed by atoms with E-state index in [2.05, 4.69) is 33.7 Å². The summed E-state index contributed by atoms with van der Waals surface area (Å²) >= 11 is 0. The fourth-order valence-corrected chi connectivity index (χ4v) is 3.07. The Morgan fingerprint density at radius 3 is 2.90 bits per heavy atom. The second kappa shape index (κ2) is 6.87. The number of hydrogen-bond donors (Lipinski definition) is 3. The zero-order valence-electron chi connectivity index (χ0n) is 12.3. The van der Waals surface area contributed by atoms with Gasteiger partial charge < -0.3 is 10.4 Å². The molecular formula is C17H23N3O. The van der Waals surface area contributed by atoms with Crippen molar-refractivity contribution in [1.29, 1.82) is 0 Å². The third-order valence-corrected chi connectivity index (χ3v) is 4.20. The predicted molar refractivity (Wildman–Crippen MR) is 83.7 cm³/mol. The lowest BCUT2D eigenvalue weighted by molar-refractivity contribution is 0.101. The van der Waals surface area contributed by atoms with Crippen molar-refractivity contribution < 1.29 is 5.11 Å². The molecule has 1 fully saturated rings. The van der Waals surface area contributed by atoms with Crippen LogP contribution in [0, 0.1) is 5.92 Å². The first-order valence-corrected chi connectivity index (χ1v) is 7.80. The molecule has 3 rings (SSSR count). The van der Waals surface area contributed by atoms with Gasteiger partial charge in [-0.3, -0.25) is 5.10 Å². The standard InChI is InChI=1S/C17H23N3O/c21-16-8-4-5-13(9-16)11-18-12-15-10-17(20-19-15)14-6-2-1-3-7-14/h1-3,6-7,10,13,16,18,21H,4-5,8-9,11-12H2,(H,19,20). The van der Waals surface area contributed by atoms with E-state index in [1.54, 1.807) is 0 Å². The number of nitrogens with zero attached hydrogens (tertiary/aromatic N) is 1. The molecule has 21 heavy (non-hydrogen) atoms. The zero-order valence-corrected chi connectivity index (χ0v) is 12.3.